The maximum atomic E-state index is 11.2. The molecule has 0 saturated heterocycles. The molecule has 0 atom stereocenters. The fraction of sp³-hybridized carbons (Fsp3) is 0.0769. The highest BCUT2D eigenvalue weighted by Gasteiger charge is 2.09. The van der Waals surface area contributed by atoms with E-state index in [0.717, 1.165) is 21.5 Å². The molecule has 21 heavy (non-hydrogen) atoms. The van der Waals surface area contributed by atoms with Gasteiger partial charge in [-0.15, -0.1) is 0 Å². The molecule has 2 N–H and O–H groups in total. The van der Waals surface area contributed by atoms with Crippen molar-refractivity contribution in [2.45, 2.75) is 11.8 Å². The summed E-state index contributed by atoms with van der Waals surface area (Å²) >= 11 is 0. The van der Waals surface area contributed by atoms with Crippen molar-refractivity contribution in [1.29, 1.82) is 0 Å². The van der Waals surface area contributed by atoms with Crippen molar-refractivity contribution in [1.82, 2.24) is 4.37 Å². The fourth-order valence-electron chi connectivity index (χ4n) is 1.93. The number of aromatic nitrogens is 1. The molecule has 0 amide bonds. The van der Waals surface area contributed by atoms with Crippen LogP contribution in [0.2, 0.25) is 0 Å². The van der Waals surface area contributed by atoms with Crippen LogP contribution >= 0.6 is 20.9 Å². The zero-order valence-electron chi connectivity index (χ0n) is 11.0. The van der Waals surface area contributed by atoms with E-state index in [-0.39, 0.29) is 4.90 Å². The summed E-state index contributed by atoms with van der Waals surface area (Å²) in [6.07, 6.45) is 0. The first-order valence-electron chi connectivity index (χ1n) is 5.97. The second-order valence-corrected chi connectivity index (χ2v) is 7.96. The topological polar surface area (TPSA) is 85.4 Å². The molecule has 0 bridgehead atoms. The van der Waals surface area contributed by atoms with Gasteiger partial charge in [0, 0.05) is 10.5 Å². The minimum absolute atomic E-state index is 0.0809. The van der Waals surface area contributed by atoms with Crippen LogP contribution in [0.5, 0.6) is 0 Å². The largest absolute Gasteiger partial charge is 0.249 e. The molecule has 1 heterocycles. The number of nitrogens with two attached hydrogens (primary N) is 1. The molecule has 0 spiro atoms. The minimum atomic E-state index is -3.67. The van der Waals surface area contributed by atoms with Gasteiger partial charge in [0.1, 0.15) is 0 Å². The summed E-state index contributed by atoms with van der Waals surface area (Å²) in [5.74, 6) is 0. The van der Waals surface area contributed by atoms with Crippen LogP contribution in [0.25, 0.3) is 10.6 Å². The van der Waals surface area contributed by atoms with Crippen molar-refractivity contribution in [3.8, 4) is 10.6 Å². The molecule has 0 unspecified atom stereocenters. The first-order chi connectivity index (χ1) is 9.93. The van der Waals surface area contributed by atoms with Crippen LogP contribution in [0, 0.1) is 6.92 Å². The summed E-state index contributed by atoms with van der Waals surface area (Å²) in [4.78, 5) is 5.68. The van der Waals surface area contributed by atoms with E-state index in [9.17, 15) is 8.42 Å². The predicted octanol–water partition coefficient (Wildman–Crippen LogP) is 2.50. The monoisotopic (exact) mass is 337 g/mol. The number of hydrogen-bond donors (Lipinski definition) is 1. The second-order valence-electron chi connectivity index (χ2n) is 4.51. The maximum Gasteiger partial charge on any atom is 0.238 e. The Bertz CT molecular complexity index is 924. The Balaban J connectivity index is 2.06. The third kappa shape index (κ3) is 3.03. The van der Waals surface area contributed by atoms with Crippen LogP contribution in [0.1, 0.15) is 5.56 Å². The molecule has 108 valence electrons. The Morgan fingerprint density at radius 2 is 1.90 bits per heavy atom. The van der Waals surface area contributed by atoms with E-state index in [1.807, 2.05) is 19.1 Å². The molecular formula is C13H11N3O2S3. The lowest BCUT2D eigenvalue weighted by Crippen LogP contribution is -2.11. The number of nitrogens with zero attached hydrogens (tertiary/aromatic N) is 2. The smallest absolute Gasteiger partial charge is 0.238 e. The lowest BCUT2D eigenvalue weighted by molar-refractivity contribution is 0.598. The number of hydrogen-bond acceptors (Lipinski definition) is 6. The fourth-order valence-corrected chi connectivity index (χ4v) is 4.35. The van der Waals surface area contributed by atoms with Gasteiger partial charge < -0.3 is 0 Å². The van der Waals surface area contributed by atoms with Gasteiger partial charge >= 0.3 is 0 Å². The van der Waals surface area contributed by atoms with Crippen LogP contribution in [0.15, 0.2) is 46.3 Å². The molecule has 1 aromatic rings. The molecule has 5 nitrogen and oxygen atoms in total. The van der Waals surface area contributed by atoms with E-state index in [2.05, 4.69) is 9.37 Å². The number of fused-ring (bicyclic) bond motifs is 1. The van der Waals surface area contributed by atoms with Crippen molar-refractivity contribution in [3.63, 3.8) is 0 Å². The van der Waals surface area contributed by atoms with E-state index >= 15 is 0 Å². The zero-order chi connectivity index (χ0) is 15.0. The molecule has 1 aliphatic heterocycles. The number of aryl methyl sites for hydroxylation is 1. The molecular weight excluding hydrogens is 326 g/mol. The Morgan fingerprint density at radius 3 is 2.57 bits per heavy atom. The Hall–Kier alpha value is -1.61. The number of rotatable bonds is 2. The van der Waals surface area contributed by atoms with Crippen LogP contribution in [0.4, 0.5) is 5.69 Å². The van der Waals surface area contributed by atoms with Gasteiger partial charge in [0.2, 0.25) is 10.0 Å². The summed E-state index contributed by atoms with van der Waals surface area (Å²) in [6.45, 7) is 2.00. The molecule has 8 heteroatoms. The van der Waals surface area contributed by atoms with E-state index in [4.69, 9.17) is 5.14 Å². The lowest BCUT2D eigenvalue weighted by atomic mass is 10.1. The maximum absolute atomic E-state index is 11.2. The first-order valence-corrected chi connectivity index (χ1v) is 9.63. The van der Waals surface area contributed by atoms with Crippen molar-refractivity contribution >= 4 is 36.6 Å². The molecule has 0 saturated carbocycles. The Morgan fingerprint density at radius 1 is 1.19 bits per heavy atom. The highest BCUT2D eigenvalue weighted by molar-refractivity contribution is 7.89. The van der Waals surface area contributed by atoms with Gasteiger partial charge in [-0.3, -0.25) is 0 Å². The Labute approximate surface area is 129 Å². The van der Waals surface area contributed by atoms with Crippen LogP contribution in [0.3, 0.4) is 0 Å². The van der Waals surface area contributed by atoms with Gasteiger partial charge in [-0.05, 0) is 48.9 Å². The normalized spacial score (nSPS) is 13.0. The Kier molecular flexibility index (Phi) is 3.62. The average molecular weight is 337 g/mol. The molecule has 2 aliphatic rings. The SMILES string of the molecule is Cc1cc(=Nc2ccc(S(N)(=O)=O)cc2)cc2ssnc1-2. The first kappa shape index (κ1) is 14.3. The summed E-state index contributed by atoms with van der Waals surface area (Å²) < 4.78 is 26.8. The highest BCUT2D eigenvalue weighted by Crippen LogP contribution is 2.29. The number of benzene rings is 2. The van der Waals surface area contributed by atoms with E-state index in [1.54, 1.807) is 22.5 Å². The van der Waals surface area contributed by atoms with Gasteiger partial charge in [-0.2, -0.15) is 4.37 Å². The summed E-state index contributed by atoms with van der Waals surface area (Å²) in [6, 6.07) is 10.1. The number of primary sulfonamides is 1. The van der Waals surface area contributed by atoms with Crippen molar-refractivity contribution in [3.05, 3.63) is 47.3 Å². The van der Waals surface area contributed by atoms with Crippen molar-refractivity contribution in [2.24, 2.45) is 10.1 Å². The quantitative estimate of drug-likeness (QED) is 0.729. The van der Waals surface area contributed by atoms with Gasteiger partial charge in [0.15, 0.2) is 0 Å². The predicted molar refractivity (Wildman–Crippen MR) is 84.4 cm³/mol. The highest BCUT2D eigenvalue weighted by atomic mass is 32.9. The molecule has 3 rings (SSSR count). The number of sulfonamides is 1. The van der Waals surface area contributed by atoms with E-state index in [1.165, 1.54) is 22.7 Å². The van der Waals surface area contributed by atoms with Crippen molar-refractivity contribution in [2.75, 3.05) is 0 Å². The molecule has 1 aromatic carbocycles. The summed E-state index contributed by atoms with van der Waals surface area (Å²) in [5, 5.41) is 5.89. The van der Waals surface area contributed by atoms with Crippen LogP contribution in [-0.2, 0) is 10.0 Å². The van der Waals surface area contributed by atoms with E-state index < -0.39 is 10.0 Å². The van der Waals surface area contributed by atoms with Gasteiger partial charge in [-0.1, -0.05) is 10.3 Å². The third-order valence-electron chi connectivity index (χ3n) is 2.93. The second kappa shape index (κ2) is 5.30. The van der Waals surface area contributed by atoms with E-state index in [0.29, 0.717) is 5.69 Å². The minimum Gasteiger partial charge on any atom is -0.249 e. The molecule has 0 fully saturated rings. The van der Waals surface area contributed by atoms with Crippen molar-refractivity contribution < 1.29 is 8.42 Å². The summed E-state index contributed by atoms with van der Waals surface area (Å²) in [7, 11) is -0.604. The molecule has 1 aliphatic carbocycles. The van der Waals surface area contributed by atoms with Gasteiger partial charge in [-0.25, -0.2) is 18.5 Å². The van der Waals surface area contributed by atoms with Gasteiger partial charge in [0.05, 0.1) is 26.5 Å². The summed E-state index contributed by atoms with van der Waals surface area (Å²) in [5.41, 5.74) is 2.76. The third-order valence-corrected chi connectivity index (χ3v) is 5.67. The molecule has 0 radical (unpaired) electrons. The standard InChI is InChI=1S/C13H11N3O2S3/c1-8-6-10(7-12-13(8)16-20-19-12)15-9-2-4-11(5-3-9)21(14,17)18/h2-7H,1H3,(H2,14,17,18). The lowest BCUT2D eigenvalue weighted by Gasteiger charge is -2.01. The molecule has 0 aromatic heterocycles. The van der Waals surface area contributed by atoms with Crippen LogP contribution in [-0.4, -0.2) is 12.8 Å². The average Bonchev–Trinajstić information content (AvgIpc) is 2.87. The zero-order valence-corrected chi connectivity index (χ0v) is 13.4. The van der Waals surface area contributed by atoms with Crippen LogP contribution < -0.4 is 10.5 Å². The van der Waals surface area contributed by atoms with Gasteiger partial charge in [0.25, 0.3) is 0 Å².